The minimum absolute atomic E-state index is 0.309. The SMILES string of the molecule is CO[C@@H](Cc1ccc(OCCCOc2ccc(-c3ccccc3)cc2Cl)cc1)C(=O)O. The maximum absolute atomic E-state index is 11.0. The molecular formula is C25H25ClO5. The zero-order valence-electron chi connectivity index (χ0n) is 17.3. The normalized spacial score (nSPS) is 11.7. The summed E-state index contributed by atoms with van der Waals surface area (Å²) in [6.07, 6.45) is 0.157. The van der Waals surface area contributed by atoms with Crippen molar-refractivity contribution in [3.05, 3.63) is 83.4 Å². The Morgan fingerprint density at radius 3 is 2.29 bits per heavy atom. The summed E-state index contributed by atoms with van der Waals surface area (Å²) in [6, 6.07) is 23.2. The Bertz CT molecular complexity index is 973. The Balaban J connectivity index is 1.42. The summed E-state index contributed by atoms with van der Waals surface area (Å²) in [5, 5.41) is 9.63. The maximum Gasteiger partial charge on any atom is 0.333 e. The lowest BCUT2D eigenvalue weighted by atomic mass is 10.1. The first-order valence-corrected chi connectivity index (χ1v) is 10.4. The molecule has 1 atom stereocenters. The number of aliphatic carboxylic acids is 1. The van der Waals surface area contributed by atoms with Crippen LogP contribution in [0.4, 0.5) is 0 Å². The number of carbonyl (C=O) groups is 1. The number of halogens is 1. The van der Waals surface area contributed by atoms with Gasteiger partial charge in [0.15, 0.2) is 6.10 Å². The molecule has 0 aromatic heterocycles. The summed E-state index contributed by atoms with van der Waals surface area (Å²) in [6.45, 7) is 0.978. The fraction of sp³-hybridized carbons (Fsp3) is 0.240. The summed E-state index contributed by atoms with van der Waals surface area (Å²) in [7, 11) is 1.39. The molecule has 3 aromatic carbocycles. The Kier molecular flexibility index (Phi) is 8.33. The molecule has 1 N–H and O–H groups in total. The van der Waals surface area contributed by atoms with E-state index in [2.05, 4.69) is 0 Å². The second kappa shape index (κ2) is 11.4. The lowest BCUT2D eigenvalue weighted by molar-refractivity contribution is -0.148. The molecule has 0 saturated heterocycles. The summed E-state index contributed by atoms with van der Waals surface area (Å²) < 4.78 is 16.5. The predicted octanol–water partition coefficient (Wildman–Crippen LogP) is 5.50. The van der Waals surface area contributed by atoms with Crippen molar-refractivity contribution in [3.63, 3.8) is 0 Å². The minimum Gasteiger partial charge on any atom is -0.493 e. The standard InChI is InChI=1S/C25H25ClO5/c1-29-24(25(27)28)16-18-8-11-21(12-9-18)30-14-5-15-31-23-13-10-20(17-22(23)26)19-6-3-2-4-7-19/h2-4,6-13,17,24H,5,14-16H2,1H3,(H,27,28)/t24-/m0/s1. The van der Waals surface area contributed by atoms with Crippen molar-refractivity contribution < 1.29 is 24.1 Å². The van der Waals surface area contributed by atoms with Gasteiger partial charge in [-0.25, -0.2) is 4.79 Å². The lowest BCUT2D eigenvalue weighted by Crippen LogP contribution is -2.24. The molecule has 0 aliphatic carbocycles. The summed E-state index contributed by atoms with van der Waals surface area (Å²) in [5.41, 5.74) is 3.03. The Labute approximate surface area is 187 Å². The van der Waals surface area contributed by atoms with E-state index in [1.165, 1.54) is 7.11 Å². The zero-order chi connectivity index (χ0) is 22.1. The van der Waals surface area contributed by atoms with Crippen LogP contribution in [0.5, 0.6) is 11.5 Å². The predicted molar refractivity (Wildman–Crippen MR) is 121 cm³/mol. The van der Waals surface area contributed by atoms with Crippen molar-refractivity contribution in [3.8, 4) is 22.6 Å². The Morgan fingerprint density at radius 2 is 1.65 bits per heavy atom. The number of benzene rings is 3. The molecule has 0 spiro atoms. The second-order valence-corrected chi connectivity index (χ2v) is 7.38. The van der Waals surface area contributed by atoms with Gasteiger partial charge in [0, 0.05) is 20.0 Å². The van der Waals surface area contributed by atoms with Crippen LogP contribution in [-0.4, -0.2) is 37.5 Å². The lowest BCUT2D eigenvalue weighted by Gasteiger charge is -2.12. The van der Waals surface area contributed by atoms with Gasteiger partial charge in [-0.05, 0) is 41.0 Å². The van der Waals surface area contributed by atoms with Crippen molar-refractivity contribution in [1.29, 1.82) is 0 Å². The molecule has 0 unspecified atom stereocenters. The van der Waals surface area contributed by atoms with Crippen molar-refractivity contribution >= 4 is 17.6 Å². The first kappa shape index (κ1) is 22.7. The Hall–Kier alpha value is -3.02. The van der Waals surface area contributed by atoms with Crippen LogP contribution in [0.15, 0.2) is 72.8 Å². The fourth-order valence-electron chi connectivity index (χ4n) is 3.07. The van der Waals surface area contributed by atoms with Gasteiger partial charge in [-0.1, -0.05) is 60.1 Å². The van der Waals surface area contributed by atoms with E-state index in [-0.39, 0.29) is 0 Å². The molecule has 0 aliphatic heterocycles. The van der Waals surface area contributed by atoms with Gasteiger partial charge >= 0.3 is 5.97 Å². The van der Waals surface area contributed by atoms with Crippen LogP contribution < -0.4 is 9.47 Å². The van der Waals surface area contributed by atoms with E-state index in [0.29, 0.717) is 36.8 Å². The number of carboxylic acid groups (broad SMARTS) is 1. The van der Waals surface area contributed by atoms with Crippen molar-refractivity contribution in [2.24, 2.45) is 0 Å². The molecule has 3 aromatic rings. The van der Waals surface area contributed by atoms with Crippen LogP contribution in [0.3, 0.4) is 0 Å². The monoisotopic (exact) mass is 440 g/mol. The molecule has 0 amide bonds. The molecule has 0 radical (unpaired) electrons. The average molecular weight is 441 g/mol. The molecule has 162 valence electrons. The zero-order valence-corrected chi connectivity index (χ0v) is 18.0. The molecule has 5 nitrogen and oxygen atoms in total. The van der Waals surface area contributed by atoms with Gasteiger partial charge in [-0.3, -0.25) is 0 Å². The fourth-order valence-corrected chi connectivity index (χ4v) is 3.30. The van der Waals surface area contributed by atoms with Crippen molar-refractivity contribution in [2.75, 3.05) is 20.3 Å². The largest absolute Gasteiger partial charge is 0.493 e. The van der Waals surface area contributed by atoms with Crippen LogP contribution in [0, 0.1) is 0 Å². The van der Waals surface area contributed by atoms with Gasteiger partial charge in [0.25, 0.3) is 0 Å². The number of carboxylic acids is 1. The van der Waals surface area contributed by atoms with E-state index in [4.69, 9.17) is 30.9 Å². The van der Waals surface area contributed by atoms with Crippen LogP contribution in [0.1, 0.15) is 12.0 Å². The number of rotatable bonds is 11. The van der Waals surface area contributed by atoms with Gasteiger partial charge in [0.1, 0.15) is 11.5 Å². The molecule has 31 heavy (non-hydrogen) atoms. The van der Waals surface area contributed by atoms with Crippen LogP contribution in [0.2, 0.25) is 5.02 Å². The van der Waals surface area contributed by atoms with Crippen molar-refractivity contribution in [1.82, 2.24) is 0 Å². The molecule has 3 rings (SSSR count). The minimum atomic E-state index is -0.974. The maximum atomic E-state index is 11.0. The van der Waals surface area contributed by atoms with Crippen LogP contribution in [0.25, 0.3) is 11.1 Å². The molecule has 0 aliphatic rings. The van der Waals surface area contributed by atoms with E-state index < -0.39 is 12.1 Å². The number of hydrogen-bond acceptors (Lipinski definition) is 4. The highest BCUT2D eigenvalue weighted by Crippen LogP contribution is 2.30. The van der Waals surface area contributed by atoms with Gasteiger partial charge in [0.2, 0.25) is 0 Å². The van der Waals surface area contributed by atoms with E-state index in [0.717, 1.165) is 22.4 Å². The molecule has 0 bridgehead atoms. The topological polar surface area (TPSA) is 65.0 Å². The summed E-state index contributed by atoms with van der Waals surface area (Å²) in [5.74, 6) is 0.396. The molecular weight excluding hydrogens is 416 g/mol. The van der Waals surface area contributed by atoms with E-state index in [9.17, 15) is 4.79 Å². The van der Waals surface area contributed by atoms with Gasteiger partial charge in [0.05, 0.1) is 18.2 Å². The summed E-state index contributed by atoms with van der Waals surface area (Å²) in [4.78, 5) is 11.0. The molecule has 6 heteroatoms. The van der Waals surface area contributed by atoms with Gasteiger partial charge in [-0.2, -0.15) is 0 Å². The van der Waals surface area contributed by atoms with E-state index in [1.807, 2.05) is 72.8 Å². The second-order valence-electron chi connectivity index (χ2n) is 6.97. The third kappa shape index (κ3) is 6.74. The molecule has 0 heterocycles. The van der Waals surface area contributed by atoms with E-state index >= 15 is 0 Å². The highest BCUT2D eigenvalue weighted by Gasteiger charge is 2.16. The highest BCUT2D eigenvalue weighted by atomic mass is 35.5. The quantitative estimate of drug-likeness (QED) is 0.399. The van der Waals surface area contributed by atoms with Crippen molar-refractivity contribution in [2.45, 2.75) is 18.9 Å². The molecule has 0 saturated carbocycles. The summed E-state index contributed by atoms with van der Waals surface area (Å²) >= 11 is 6.37. The van der Waals surface area contributed by atoms with Gasteiger partial charge in [-0.15, -0.1) is 0 Å². The first-order chi connectivity index (χ1) is 15.1. The Morgan fingerprint density at radius 1 is 0.935 bits per heavy atom. The average Bonchev–Trinajstić information content (AvgIpc) is 2.79. The van der Waals surface area contributed by atoms with Gasteiger partial charge < -0.3 is 19.3 Å². The molecule has 0 fully saturated rings. The number of ether oxygens (including phenoxy) is 3. The number of methoxy groups -OCH3 is 1. The third-order valence-electron chi connectivity index (χ3n) is 4.76. The van der Waals surface area contributed by atoms with Crippen LogP contribution >= 0.6 is 11.6 Å². The van der Waals surface area contributed by atoms with Crippen LogP contribution in [-0.2, 0) is 16.0 Å². The van der Waals surface area contributed by atoms with E-state index in [1.54, 1.807) is 0 Å². The number of hydrogen-bond donors (Lipinski definition) is 1. The first-order valence-electron chi connectivity index (χ1n) is 10.0. The highest BCUT2D eigenvalue weighted by molar-refractivity contribution is 6.32. The smallest absolute Gasteiger partial charge is 0.333 e. The third-order valence-corrected chi connectivity index (χ3v) is 5.05.